The lowest BCUT2D eigenvalue weighted by atomic mass is 10.2. The number of anilines is 2. The predicted octanol–water partition coefficient (Wildman–Crippen LogP) is 2.98. The second-order valence-electron chi connectivity index (χ2n) is 5.50. The molecular formula is C15H14ClN3O4S2. The number of halogens is 1. The van der Waals surface area contributed by atoms with E-state index in [2.05, 4.69) is 14.4 Å². The van der Waals surface area contributed by atoms with E-state index in [1.54, 1.807) is 19.1 Å². The van der Waals surface area contributed by atoms with E-state index >= 15 is 0 Å². The molecule has 0 spiro atoms. The molecule has 25 heavy (non-hydrogen) atoms. The Morgan fingerprint density at radius 2 is 1.84 bits per heavy atom. The van der Waals surface area contributed by atoms with Crippen molar-refractivity contribution in [1.29, 1.82) is 0 Å². The van der Waals surface area contributed by atoms with Gasteiger partial charge in [-0.3, -0.25) is 4.72 Å². The summed E-state index contributed by atoms with van der Waals surface area (Å²) in [6, 6.07) is 8.60. The largest absolute Gasteiger partial charge is 0.342 e. The van der Waals surface area contributed by atoms with Crippen LogP contribution in [0.3, 0.4) is 0 Å². The van der Waals surface area contributed by atoms with Crippen molar-refractivity contribution in [2.24, 2.45) is 4.40 Å². The number of fused-ring (bicyclic) bond motifs is 1. The van der Waals surface area contributed by atoms with Gasteiger partial charge in [-0.15, -0.1) is 4.40 Å². The minimum Gasteiger partial charge on any atom is -0.342 e. The molecule has 0 bridgehead atoms. The van der Waals surface area contributed by atoms with Crippen LogP contribution >= 0.6 is 11.6 Å². The molecule has 2 aromatic carbocycles. The second kappa shape index (κ2) is 6.01. The van der Waals surface area contributed by atoms with Crippen LogP contribution in [0.1, 0.15) is 12.5 Å². The van der Waals surface area contributed by atoms with Gasteiger partial charge in [-0.05, 0) is 49.7 Å². The van der Waals surface area contributed by atoms with Crippen LogP contribution in [-0.4, -0.2) is 22.7 Å². The lowest BCUT2D eigenvalue weighted by Crippen LogP contribution is -2.20. The van der Waals surface area contributed by atoms with Gasteiger partial charge in [0.2, 0.25) is 0 Å². The standard InChI is InChI=1S/C15H14ClN3O4S2/c1-9-3-4-11(16)7-14(9)19-24(20,21)12-5-6-13-15(8-12)25(22,23)18-10(2)17-13/h3-8,19H,1-2H3,(H,17,18). The van der Waals surface area contributed by atoms with Crippen LogP contribution in [0, 0.1) is 6.92 Å². The quantitative estimate of drug-likeness (QED) is 0.825. The van der Waals surface area contributed by atoms with Crippen molar-refractivity contribution in [2.75, 3.05) is 10.0 Å². The van der Waals surface area contributed by atoms with Crippen LogP contribution in [0.25, 0.3) is 0 Å². The number of benzene rings is 2. The summed E-state index contributed by atoms with van der Waals surface area (Å²) in [5.74, 6) is 0.218. The molecule has 0 amide bonds. The highest BCUT2D eigenvalue weighted by Gasteiger charge is 2.26. The molecule has 0 saturated carbocycles. The fourth-order valence-electron chi connectivity index (χ4n) is 2.34. The van der Waals surface area contributed by atoms with E-state index in [9.17, 15) is 16.8 Å². The van der Waals surface area contributed by atoms with Gasteiger partial charge in [-0.25, -0.2) is 8.42 Å². The molecule has 0 atom stereocenters. The molecule has 1 aliphatic heterocycles. The first-order valence-corrected chi connectivity index (χ1v) is 10.4. The lowest BCUT2D eigenvalue weighted by Gasteiger charge is -2.17. The topological polar surface area (TPSA) is 105 Å². The summed E-state index contributed by atoms with van der Waals surface area (Å²) in [5.41, 5.74) is 1.28. The Morgan fingerprint density at radius 1 is 1.12 bits per heavy atom. The Morgan fingerprint density at radius 3 is 2.56 bits per heavy atom. The summed E-state index contributed by atoms with van der Waals surface area (Å²) >= 11 is 5.90. The molecule has 132 valence electrons. The van der Waals surface area contributed by atoms with E-state index in [4.69, 9.17) is 11.6 Å². The average molecular weight is 400 g/mol. The highest BCUT2D eigenvalue weighted by atomic mass is 35.5. The minimum absolute atomic E-state index is 0.189. The normalized spacial score (nSPS) is 15.7. The van der Waals surface area contributed by atoms with Crippen molar-refractivity contribution in [2.45, 2.75) is 23.6 Å². The second-order valence-corrected chi connectivity index (χ2v) is 9.19. The Balaban J connectivity index is 2.05. The zero-order valence-electron chi connectivity index (χ0n) is 13.2. The predicted molar refractivity (Wildman–Crippen MR) is 97.4 cm³/mol. The first-order chi connectivity index (χ1) is 11.6. The van der Waals surface area contributed by atoms with Crippen molar-refractivity contribution in [1.82, 2.24) is 0 Å². The molecule has 1 heterocycles. The smallest absolute Gasteiger partial charge is 0.286 e. The minimum atomic E-state index is -4.00. The van der Waals surface area contributed by atoms with Crippen molar-refractivity contribution < 1.29 is 16.8 Å². The molecule has 0 unspecified atom stereocenters. The van der Waals surface area contributed by atoms with Gasteiger partial charge in [0, 0.05) is 5.02 Å². The van der Waals surface area contributed by atoms with Crippen molar-refractivity contribution in [3.05, 3.63) is 47.0 Å². The maximum absolute atomic E-state index is 12.6. The summed E-state index contributed by atoms with van der Waals surface area (Å²) in [4.78, 5) is -0.380. The third kappa shape index (κ3) is 3.48. The summed E-state index contributed by atoms with van der Waals surface area (Å²) in [6.45, 7) is 3.24. The number of rotatable bonds is 3. The number of aryl methyl sites for hydroxylation is 1. The zero-order valence-corrected chi connectivity index (χ0v) is 15.6. The third-order valence-electron chi connectivity index (χ3n) is 3.56. The first-order valence-electron chi connectivity index (χ1n) is 7.10. The SMILES string of the molecule is CC1=NS(=O)(=O)c2cc(S(=O)(=O)Nc3cc(Cl)ccc3C)ccc2N1. The van der Waals surface area contributed by atoms with Crippen LogP contribution in [0.4, 0.5) is 11.4 Å². The van der Waals surface area contributed by atoms with Gasteiger partial charge in [0.25, 0.3) is 20.0 Å². The van der Waals surface area contributed by atoms with E-state index in [0.717, 1.165) is 6.07 Å². The van der Waals surface area contributed by atoms with Gasteiger partial charge < -0.3 is 5.32 Å². The van der Waals surface area contributed by atoms with E-state index in [1.807, 2.05) is 0 Å². The summed E-state index contributed by atoms with van der Waals surface area (Å²) < 4.78 is 55.5. The van der Waals surface area contributed by atoms with Crippen molar-refractivity contribution in [3.8, 4) is 0 Å². The molecule has 0 radical (unpaired) electrons. The van der Waals surface area contributed by atoms with Crippen LogP contribution in [-0.2, 0) is 20.0 Å². The number of sulfonamides is 2. The van der Waals surface area contributed by atoms with Gasteiger partial charge >= 0.3 is 0 Å². The Labute approximate surface area is 150 Å². The maximum Gasteiger partial charge on any atom is 0.286 e. The van der Waals surface area contributed by atoms with E-state index in [0.29, 0.717) is 16.3 Å². The van der Waals surface area contributed by atoms with Crippen molar-refractivity contribution >= 4 is 48.9 Å². The fraction of sp³-hybridized carbons (Fsp3) is 0.133. The monoisotopic (exact) mass is 399 g/mol. The summed E-state index contributed by atoms with van der Waals surface area (Å²) in [6.07, 6.45) is 0. The Kier molecular flexibility index (Phi) is 4.26. The maximum atomic E-state index is 12.6. The molecule has 2 N–H and O–H groups in total. The Bertz CT molecular complexity index is 1110. The molecule has 0 saturated heterocycles. The summed E-state index contributed by atoms with van der Waals surface area (Å²) in [5, 5.41) is 3.18. The molecule has 2 aromatic rings. The fourth-order valence-corrected chi connectivity index (χ4v) is 4.91. The number of hydrogen-bond acceptors (Lipinski definition) is 5. The summed E-state index contributed by atoms with van der Waals surface area (Å²) in [7, 11) is -7.95. The van der Waals surface area contributed by atoms with Gasteiger partial charge in [0.1, 0.15) is 10.7 Å². The molecule has 3 rings (SSSR count). The number of hydrogen-bond donors (Lipinski definition) is 2. The molecule has 0 fully saturated rings. The van der Waals surface area contributed by atoms with Gasteiger partial charge in [0.05, 0.1) is 16.3 Å². The number of nitrogens with zero attached hydrogens (tertiary/aromatic N) is 1. The van der Waals surface area contributed by atoms with Crippen LogP contribution in [0.2, 0.25) is 5.02 Å². The Hall–Kier alpha value is -2.10. The van der Waals surface area contributed by atoms with E-state index in [-0.39, 0.29) is 21.3 Å². The van der Waals surface area contributed by atoms with Gasteiger partial charge in [-0.2, -0.15) is 8.42 Å². The third-order valence-corrected chi connectivity index (χ3v) is 6.56. The van der Waals surface area contributed by atoms with Crippen LogP contribution in [0.5, 0.6) is 0 Å². The molecule has 1 aliphatic rings. The zero-order chi connectivity index (χ0) is 18.4. The molecule has 0 aromatic heterocycles. The lowest BCUT2D eigenvalue weighted by molar-refractivity contribution is 0.597. The average Bonchev–Trinajstić information content (AvgIpc) is 2.49. The van der Waals surface area contributed by atoms with E-state index < -0.39 is 20.0 Å². The van der Waals surface area contributed by atoms with Gasteiger partial charge in [0.15, 0.2) is 0 Å². The molecular weight excluding hydrogens is 386 g/mol. The molecule has 10 heteroatoms. The van der Waals surface area contributed by atoms with Crippen LogP contribution < -0.4 is 10.0 Å². The van der Waals surface area contributed by atoms with Gasteiger partial charge in [-0.1, -0.05) is 17.7 Å². The van der Waals surface area contributed by atoms with Crippen molar-refractivity contribution in [3.63, 3.8) is 0 Å². The van der Waals surface area contributed by atoms with Crippen LogP contribution in [0.15, 0.2) is 50.6 Å². The van der Waals surface area contributed by atoms with E-state index in [1.165, 1.54) is 25.1 Å². The molecule has 7 nitrogen and oxygen atoms in total. The highest BCUT2D eigenvalue weighted by Crippen LogP contribution is 2.31. The number of nitrogens with one attached hydrogen (secondary N) is 2. The highest BCUT2D eigenvalue weighted by molar-refractivity contribution is 7.93. The first kappa shape index (κ1) is 17.7. The molecule has 0 aliphatic carbocycles. The number of amidine groups is 1.